The Kier molecular flexibility index (Phi) is 5.43. The van der Waals surface area contributed by atoms with Gasteiger partial charge in [-0.1, -0.05) is 0 Å². The molecule has 0 atom stereocenters. The Morgan fingerprint density at radius 2 is 1.74 bits per heavy atom. The van der Waals surface area contributed by atoms with Gasteiger partial charge in [-0.15, -0.1) is 0 Å². The maximum Gasteiger partial charge on any atom is 0.251 e. The van der Waals surface area contributed by atoms with E-state index in [1.807, 2.05) is 0 Å². The molecule has 0 spiro atoms. The van der Waals surface area contributed by atoms with Crippen LogP contribution in [0.5, 0.6) is 0 Å². The highest BCUT2D eigenvalue weighted by Crippen LogP contribution is 2.11. The fourth-order valence-corrected chi connectivity index (χ4v) is 2.57. The number of hydrogen-bond acceptors (Lipinski definition) is 5. The SMILES string of the molecule is CNC(=O)c1ccc(S(=O)(=O)NC(CO)CO)cc1. The third-order valence-corrected chi connectivity index (χ3v) is 3.95. The number of nitrogens with one attached hydrogen (secondary N) is 2. The van der Waals surface area contributed by atoms with Crippen molar-refractivity contribution in [3.63, 3.8) is 0 Å². The second kappa shape index (κ2) is 6.62. The van der Waals surface area contributed by atoms with Crippen molar-refractivity contribution in [2.45, 2.75) is 10.9 Å². The highest BCUT2D eigenvalue weighted by molar-refractivity contribution is 7.89. The minimum atomic E-state index is -3.83. The zero-order valence-corrected chi connectivity index (χ0v) is 11.1. The van der Waals surface area contributed by atoms with E-state index in [1.54, 1.807) is 0 Å². The monoisotopic (exact) mass is 288 g/mol. The summed E-state index contributed by atoms with van der Waals surface area (Å²) in [4.78, 5) is 11.3. The van der Waals surface area contributed by atoms with Gasteiger partial charge in [0.05, 0.1) is 24.2 Å². The largest absolute Gasteiger partial charge is 0.395 e. The molecule has 0 aliphatic rings. The minimum Gasteiger partial charge on any atom is -0.395 e. The van der Waals surface area contributed by atoms with Gasteiger partial charge in [-0.05, 0) is 24.3 Å². The highest BCUT2D eigenvalue weighted by atomic mass is 32.2. The normalized spacial score (nSPS) is 11.6. The van der Waals surface area contributed by atoms with E-state index in [4.69, 9.17) is 10.2 Å². The summed E-state index contributed by atoms with van der Waals surface area (Å²) in [5, 5.41) is 20.1. The van der Waals surface area contributed by atoms with Crippen molar-refractivity contribution < 1.29 is 23.4 Å². The first-order valence-corrected chi connectivity index (χ1v) is 6.99. The Morgan fingerprint density at radius 1 is 1.21 bits per heavy atom. The predicted molar refractivity (Wildman–Crippen MR) is 68.1 cm³/mol. The number of benzene rings is 1. The van der Waals surface area contributed by atoms with Gasteiger partial charge in [-0.3, -0.25) is 4.79 Å². The summed E-state index contributed by atoms with van der Waals surface area (Å²) < 4.78 is 25.9. The molecule has 1 rings (SSSR count). The summed E-state index contributed by atoms with van der Waals surface area (Å²) in [6, 6.07) is 4.35. The van der Waals surface area contributed by atoms with Crippen LogP contribution in [0.4, 0.5) is 0 Å². The lowest BCUT2D eigenvalue weighted by Gasteiger charge is -2.13. The lowest BCUT2D eigenvalue weighted by molar-refractivity contribution is 0.0963. The fraction of sp³-hybridized carbons (Fsp3) is 0.364. The number of sulfonamides is 1. The number of aliphatic hydroxyl groups is 2. The van der Waals surface area contributed by atoms with Gasteiger partial charge in [0.25, 0.3) is 5.91 Å². The van der Waals surface area contributed by atoms with Crippen LogP contribution in [0.1, 0.15) is 10.4 Å². The third kappa shape index (κ3) is 4.00. The van der Waals surface area contributed by atoms with E-state index in [9.17, 15) is 13.2 Å². The zero-order chi connectivity index (χ0) is 14.5. The molecule has 0 saturated carbocycles. The fourth-order valence-electron chi connectivity index (χ4n) is 1.35. The van der Waals surface area contributed by atoms with Gasteiger partial charge in [0, 0.05) is 12.6 Å². The molecule has 1 amide bonds. The van der Waals surface area contributed by atoms with Crippen molar-refractivity contribution in [3.8, 4) is 0 Å². The van der Waals surface area contributed by atoms with E-state index in [0.29, 0.717) is 5.56 Å². The molecule has 7 nitrogen and oxygen atoms in total. The van der Waals surface area contributed by atoms with Gasteiger partial charge in [0.2, 0.25) is 10.0 Å². The lowest BCUT2D eigenvalue weighted by Crippen LogP contribution is -2.40. The third-order valence-electron chi connectivity index (χ3n) is 2.42. The zero-order valence-electron chi connectivity index (χ0n) is 10.3. The molecular formula is C11H16N2O5S. The van der Waals surface area contributed by atoms with Crippen molar-refractivity contribution in [2.75, 3.05) is 20.3 Å². The quantitative estimate of drug-likeness (QED) is 0.518. The van der Waals surface area contributed by atoms with E-state index in [-0.39, 0.29) is 10.8 Å². The van der Waals surface area contributed by atoms with Crippen LogP contribution >= 0.6 is 0 Å². The molecule has 0 bridgehead atoms. The molecule has 0 aliphatic carbocycles. The number of rotatable bonds is 6. The molecule has 0 saturated heterocycles. The molecule has 0 fully saturated rings. The molecule has 8 heteroatoms. The average molecular weight is 288 g/mol. The van der Waals surface area contributed by atoms with E-state index < -0.39 is 29.3 Å². The van der Waals surface area contributed by atoms with E-state index >= 15 is 0 Å². The van der Waals surface area contributed by atoms with Crippen LogP contribution in [0.15, 0.2) is 29.2 Å². The van der Waals surface area contributed by atoms with Crippen molar-refractivity contribution in [1.82, 2.24) is 10.0 Å². The molecule has 0 heterocycles. The van der Waals surface area contributed by atoms with Crippen LogP contribution in [0, 0.1) is 0 Å². The molecule has 0 aromatic heterocycles. The predicted octanol–water partition coefficient (Wildman–Crippen LogP) is -1.32. The topological polar surface area (TPSA) is 116 Å². The van der Waals surface area contributed by atoms with Crippen molar-refractivity contribution in [1.29, 1.82) is 0 Å². The summed E-state index contributed by atoms with van der Waals surface area (Å²) in [5.74, 6) is -0.319. The van der Waals surface area contributed by atoms with Crippen LogP contribution in [-0.2, 0) is 10.0 Å². The standard InChI is InChI=1S/C11H16N2O5S/c1-12-11(16)8-2-4-10(5-3-8)19(17,18)13-9(6-14)7-15/h2-5,9,13-15H,6-7H2,1H3,(H,12,16). The van der Waals surface area contributed by atoms with Gasteiger partial charge >= 0.3 is 0 Å². The first-order chi connectivity index (χ1) is 8.94. The summed E-state index contributed by atoms with van der Waals surface area (Å²) in [7, 11) is -2.36. The second-order valence-corrected chi connectivity index (χ2v) is 5.50. The van der Waals surface area contributed by atoms with E-state index in [0.717, 1.165) is 0 Å². The Balaban J connectivity index is 2.93. The van der Waals surface area contributed by atoms with Gasteiger partial charge in [-0.25, -0.2) is 13.1 Å². The second-order valence-electron chi connectivity index (χ2n) is 3.79. The van der Waals surface area contributed by atoms with Crippen molar-refractivity contribution in [3.05, 3.63) is 29.8 Å². The van der Waals surface area contributed by atoms with Crippen LogP contribution in [0.2, 0.25) is 0 Å². The highest BCUT2D eigenvalue weighted by Gasteiger charge is 2.19. The first kappa shape index (κ1) is 15.6. The molecule has 1 aromatic rings. The number of carbonyl (C=O) groups excluding carboxylic acids is 1. The molecule has 19 heavy (non-hydrogen) atoms. The van der Waals surface area contributed by atoms with Gasteiger partial charge in [0.15, 0.2) is 0 Å². The number of amides is 1. The van der Waals surface area contributed by atoms with E-state index in [1.165, 1.54) is 31.3 Å². The van der Waals surface area contributed by atoms with Crippen LogP contribution in [0.3, 0.4) is 0 Å². The van der Waals surface area contributed by atoms with Crippen molar-refractivity contribution >= 4 is 15.9 Å². The van der Waals surface area contributed by atoms with E-state index in [2.05, 4.69) is 10.0 Å². The maximum absolute atomic E-state index is 11.9. The Morgan fingerprint density at radius 3 is 2.16 bits per heavy atom. The number of carbonyl (C=O) groups is 1. The summed E-state index contributed by atoms with van der Waals surface area (Å²) >= 11 is 0. The molecule has 1 aromatic carbocycles. The molecule has 106 valence electrons. The van der Waals surface area contributed by atoms with Gasteiger partial charge < -0.3 is 15.5 Å². The summed E-state index contributed by atoms with van der Waals surface area (Å²) in [5.41, 5.74) is 0.335. The number of hydrogen-bond donors (Lipinski definition) is 4. The van der Waals surface area contributed by atoms with Crippen molar-refractivity contribution in [2.24, 2.45) is 0 Å². The Bertz CT molecular complexity index is 523. The molecule has 4 N–H and O–H groups in total. The molecule has 0 unspecified atom stereocenters. The Labute approximate surface area is 111 Å². The van der Waals surface area contributed by atoms with Gasteiger partial charge in [-0.2, -0.15) is 0 Å². The summed E-state index contributed by atoms with van der Waals surface area (Å²) in [6.45, 7) is -1.02. The average Bonchev–Trinajstić information content (AvgIpc) is 2.44. The minimum absolute atomic E-state index is 0.0490. The summed E-state index contributed by atoms with van der Waals surface area (Å²) in [6.07, 6.45) is 0. The Hall–Kier alpha value is -1.48. The van der Waals surface area contributed by atoms with Crippen LogP contribution < -0.4 is 10.0 Å². The molecular weight excluding hydrogens is 272 g/mol. The lowest BCUT2D eigenvalue weighted by atomic mass is 10.2. The maximum atomic E-state index is 11.9. The molecule has 0 aliphatic heterocycles. The number of aliphatic hydroxyl groups excluding tert-OH is 2. The van der Waals surface area contributed by atoms with Gasteiger partial charge in [0.1, 0.15) is 0 Å². The van der Waals surface area contributed by atoms with Crippen LogP contribution in [-0.4, -0.2) is 50.8 Å². The smallest absolute Gasteiger partial charge is 0.251 e. The molecule has 0 radical (unpaired) electrons. The van der Waals surface area contributed by atoms with Crippen LogP contribution in [0.25, 0.3) is 0 Å². The first-order valence-electron chi connectivity index (χ1n) is 5.50.